The molecular formula is C34H48N6O7S. The van der Waals surface area contributed by atoms with E-state index in [-0.39, 0.29) is 50.1 Å². The van der Waals surface area contributed by atoms with Crippen LogP contribution in [0.2, 0.25) is 0 Å². The molecule has 0 saturated heterocycles. The van der Waals surface area contributed by atoms with Gasteiger partial charge in [0.2, 0.25) is 17.7 Å². The lowest BCUT2D eigenvalue weighted by atomic mass is 9.92. The van der Waals surface area contributed by atoms with Gasteiger partial charge in [-0.3, -0.25) is 14.4 Å². The van der Waals surface area contributed by atoms with E-state index in [2.05, 4.69) is 31.9 Å². The van der Waals surface area contributed by atoms with Crippen molar-refractivity contribution in [1.82, 2.24) is 21.3 Å². The quantitative estimate of drug-likeness (QED) is 0.0848. The van der Waals surface area contributed by atoms with Crippen LogP contribution in [0.3, 0.4) is 0 Å². The van der Waals surface area contributed by atoms with Crippen LogP contribution in [0.15, 0.2) is 54.6 Å². The lowest BCUT2D eigenvalue weighted by Crippen LogP contribution is -2.53. The Labute approximate surface area is 287 Å². The average molecular weight is 685 g/mol. The van der Waals surface area contributed by atoms with E-state index in [0.717, 1.165) is 11.4 Å². The normalized spacial score (nSPS) is 13.0. The molecule has 2 rings (SSSR count). The molecule has 0 saturated carbocycles. The molecule has 0 aliphatic carbocycles. The minimum Gasteiger partial charge on any atom is -0.480 e. The number of para-hydroxylation sites is 1. The van der Waals surface area contributed by atoms with Gasteiger partial charge in [0.25, 0.3) is 0 Å². The molecule has 0 aromatic heterocycles. The smallest absolute Gasteiger partial charge is 0.327 e. The number of thiocarbonyl (C=S) groups is 1. The van der Waals surface area contributed by atoms with Gasteiger partial charge >= 0.3 is 11.9 Å². The lowest BCUT2D eigenvalue weighted by Gasteiger charge is -2.23. The van der Waals surface area contributed by atoms with Crippen molar-refractivity contribution in [3.63, 3.8) is 0 Å². The summed E-state index contributed by atoms with van der Waals surface area (Å²) in [7, 11) is 0. The number of carboxylic acid groups (broad SMARTS) is 2. The van der Waals surface area contributed by atoms with Crippen LogP contribution in [0.4, 0.5) is 11.4 Å². The van der Waals surface area contributed by atoms with Crippen molar-refractivity contribution in [2.24, 2.45) is 11.3 Å². The zero-order chi connectivity index (χ0) is 35.9. The van der Waals surface area contributed by atoms with Gasteiger partial charge in [0.05, 0.1) is 6.42 Å². The van der Waals surface area contributed by atoms with Gasteiger partial charge < -0.3 is 42.1 Å². The number of hydrogen-bond donors (Lipinski definition) is 8. The zero-order valence-electron chi connectivity index (χ0n) is 28.1. The molecule has 0 bridgehead atoms. The monoisotopic (exact) mass is 684 g/mol. The van der Waals surface area contributed by atoms with Crippen LogP contribution in [-0.2, 0) is 30.4 Å². The van der Waals surface area contributed by atoms with Crippen LogP contribution in [0.1, 0.15) is 59.4 Å². The Morgan fingerprint density at radius 3 is 1.85 bits per heavy atom. The molecule has 3 amide bonds. The summed E-state index contributed by atoms with van der Waals surface area (Å²) < 4.78 is 0. The van der Waals surface area contributed by atoms with Gasteiger partial charge in [-0.15, -0.1) is 0 Å². The van der Waals surface area contributed by atoms with Crippen molar-refractivity contribution in [3.8, 4) is 0 Å². The SMILES string of the molecule is CC(C)CC(NC(=O)Cc1ccc(NC(=S)Nc2ccccc2)cc1)C(=O)NC(CCNCC(NC(=O)CC(C)(C)C)C(=O)O)C(=O)O. The first-order valence-electron chi connectivity index (χ1n) is 15.8. The summed E-state index contributed by atoms with van der Waals surface area (Å²) >= 11 is 5.35. The molecule has 14 heteroatoms. The van der Waals surface area contributed by atoms with Crippen LogP contribution in [0.25, 0.3) is 0 Å². The maximum Gasteiger partial charge on any atom is 0.327 e. The maximum atomic E-state index is 13.2. The van der Waals surface area contributed by atoms with E-state index < -0.39 is 47.8 Å². The number of nitrogens with one attached hydrogen (secondary N) is 6. The molecule has 0 spiro atoms. The number of aliphatic carboxylic acids is 2. The number of carbonyl (C=O) groups excluding carboxylic acids is 3. The number of anilines is 2. The summed E-state index contributed by atoms with van der Waals surface area (Å²) in [5, 5.41) is 36.3. The number of benzene rings is 2. The summed E-state index contributed by atoms with van der Waals surface area (Å²) in [6.07, 6.45) is 0.365. The van der Waals surface area contributed by atoms with Gasteiger partial charge in [0.15, 0.2) is 5.11 Å². The van der Waals surface area contributed by atoms with Crippen LogP contribution < -0.4 is 31.9 Å². The van der Waals surface area contributed by atoms with Gasteiger partial charge in [-0.1, -0.05) is 65.0 Å². The standard InChI is InChI=1S/C34H48N6O7S/c1-21(2)17-26(38-28(41)18-22-11-13-24(14-12-22)37-33(48)36-23-9-7-6-8-10-23)30(43)40-25(31(44)45)15-16-35-20-27(32(46)47)39-29(42)19-34(3,4)5/h6-14,21,25-27,35H,15-20H2,1-5H3,(H,38,41)(H,39,42)(H,40,43)(H,44,45)(H,46,47)(H2,36,37,48). The number of rotatable bonds is 18. The van der Waals surface area contributed by atoms with Crippen molar-refractivity contribution in [2.75, 3.05) is 23.7 Å². The van der Waals surface area contributed by atoms with Crippen molar-refractivity contribution < 1.29 is 34.2 Å². The van der Waals surface area contributed by atoms with E-state index in [0.29, 0.717) is 10.7 Å². The molecule has 0 radical (unpaired) electrons. The first kappa shape index (κ1) is 39.6. The molecule has 2 aromatic carbocycles. The lowest BCUT2D eigenvalue weighted by molar-refractivity contribution is -0.143. The highest BCUT2D eigenvalue weighted by Crippen LogP contribution is 2.18. The summed E-state index contributed by atoms with van der Waals surface area (Å²) in [5.41, 5.74) is 1.95. The predicted molar refractivity (Wildman–Crippen MR) is 189 cm³/mol. The van der Waals surface area contributed by atoms with E-state index in [4.69, 9.17) is 12.2 Å². The fraction of sp³-hybridized carbons (Fsp3) is 0.471. The van der Waals surface area contributed by atoms with Gasteiger partial charge in [-0.2, -0.15) is 0 Å². The second-order valence-electron chi connectivity index (χ2n) is 13.2. The molecule has 3 unspecified atom stereocenters. The molecule has 262 valence electrons. The molecule has 0 fully saturated rings. The highest BCUT2D eigenvalue weighted by atomic mass is 32.1. The molecule has 8 N–H and O–H groups in total. The topological polar surface area (TPSA) is 198 Å². The van der Waals surface area contributed by atoms with Gasteiger partial charge in [-0.25, -0.2) is 9.59 Å². The minimum absolute atomic E-state index is 0.00180. The third-order valence-corrected chi connectivity index (χ3v) is 7.07. The largest absolute Gasteiger partial charge is 0.480 e. The van der Waals surface area contributed by atoms with E-state index in [9.17, 15) is 34.2 Å². The van der Waals surface area contributed by atoms with Crippen LogP contribution >= 0.6 is 12.2 Å². The van der Waals surface area contributed by atoms with Crippen LogP contribution in [0, 0.1) is 11.3 Å². The summed E-state index contributed by atoms with van der Waals surface area (Å²) in [4.78, 5) is 61.8. The average Bonchev–Trinajstić information content (AvgIpc) is 2.97. The third kappa shape index (κ3) is 15.8. The Balaban J connectivity index is 1.90. The fourth-order valence-electron chi connectivity index (χ4n) is 4.60. The Morgan fingerprint density at radius 1 is 0.750 bits per heavy atom. The van der Waals surface area contributed by atoms with Gasteiger partial charge in [-0.05, 0) is 72.8 Å². The van der Waals surface area contributed by atoms with Crippen molar-refractivity contribution in [3.05, 3.63) is 60.2 Å². The zero-order valence-corrected chi connectivity index (χ0v) is 28.9. The Bertz CT molecular complexity index is 1400. The molecule has 0 heterocycles. The van der Waals surface area contributed by atoms with Gasteiger partial charge in [0.1, 0.15) is 18.1 Å². The second-order valence-corrected chi connectivity index (χ2v) is 13.6. The molecule has 0 aliphatic rings. The van der Waals surface area contributed by atoms with Crippen molar-refractivity contribution in [2.45, 2.75) is 78.4 Å². The number of carboxylic acids is 2. The number of amides is 3. The Hall–Kier alpha value is -4.56. The fourth-order valence-corrected chi connectivity index (χ4v) is 4.84. The number of hydrogen-bond acceptors (Lipinski definition) is 7. The summed E-state index contributed by atoms with van der Waals surface area (Å²) in [6.45, 7) is 9.26. The predicted octanol–water partition coefficient (Wildman–Crippen LogP) is 3.12. The minimum atomic E-state index is -1.29. The van der Waals surface area contributed by atoms with E-state index in [1.54, 1.807) is 24.3 Å². The summed E-state index contributed by atoms with van der Waals surface area (Å²) in [6, 6.07) is 13.1. The molecule has 3 atom stereocenters. The third-order valence-electron chi connectivity index (χ3n) is 6.86. The Kier molecular flexibility index (Phi) is 15.9. The first-order chi connectivity index (χ1) is 22.5. The first-order valence-corrected chi connectivity index (χ1v) is 16.2. The van der Waals surface area contributed by atoms with Crippen molar-refractivity contribution in [1.29, 1.82) is 0 Å². The van der Waals surface area contributed by atoms with Crippen LogP contribution in [-0.4, -0.2) is 76.2 Å². The molecule has 48 heavy (non-hydrogen) atoms. The Morgan fingerprint density at radius 2 is 1.31 bits per heavy atom. The number of carbonyl (C=O) groups is 5. The summed E-state index contributed by atoms with van der Waals surface area (Å²) in [5.74, 6) is -3.93. The van der Waals surface area contributed by atoms with Gasteiger partial charge in [0, 0.05) is 24.3 Å². The van der Waals surface area contributed by atoms with Crippen molar-refractivity contribution >= 4 is 58.4 Å². The molecular weight excluding hydrogens is 636 g/mol. The van der Waals surface area contributed by atoms with Crippen LogP contribution in [0.5, 0.6) is 0 Å². The van der Waals surface area contributed by atoms with E-state index >= 15 is 0 Å². The molecule has 2 aromatic rings. The second kappa shape index (κ2) is 19.3. The highest BCUT2D eigenvalue weighted by molar-refractivity contribution is 7.80. The molecule has 0 aliphatic heterocycles. The highest BCUT2D eigenvalue weighted by Gasteiger charge is 2.28. The van der Waals surface area contributed by atoms with E-state index in [1.165, 1.54) is 0 Å². The van der Waals surface area contributed by atoms with E-state index in [1.807, 2.05) is 65.0 Å². The molecule has 13 nitrogen and oxygen atoms in total. The maximum absolute atomic E-state index is 13.2.